The van der Waals surface area contributed by atoms with Gasteiger partial charge in [-0.15, -0.1) is 11.3 Å². The molecule has 0 radical (unpaired) electrons. The number of fused-ring (bicyclic) bond motifs is 1. The molecule has 0 unspecified atom stereocenters. The van der Waals surface area contributed by atoms with Crippen LogP contribution in [0.15, 0.2) is 39.9 Å². The quantitative estimate of drug-likeness (QED) is 0.377. The summed E-state index contributed by atoms with van der Waals surface area (Å²) in [6.07, 6.45) is -5.41. The lowest BCUT2D eigenvalue weighted by Gasteiger charge is -2.35. The van der Waals surface area contributed by atoms with E-state index in [1.807, 2.05) is 13.8 Å². The minimum Gasteiger partial charge on any atom is -0.490 e. The van der Waals surface area contributed by atoms with E-state index in [-0.39, 0.29) is 52.9 Å². The van der Waals surface area contributed by atoms with Gasteiger partial charge in [0.1, 0.15) is 9.96 Å². The Kier molecular flexibility index (Phi) is 13.2. The number of alkyl halides is 3. The minimum atomic E-state index is -4.49. The molecule has 45 heavy (non-hydrogen) atoms. The highest BCUT2D eigenvalue weighted by molar-refractivity contribution is 7.91. The van der Waals surface area contributed by atoms with E-state index in [9.17, 15) is 36.3 Å². The normalized spacial score (nSPS) is 21.5. The third kappa shape index (κ3) is 10.7. The molecular formula is C30H42F3N3O7S2. The second-order valence-corrected chi connectivity index (χ2v) is 14.6. The van der Waals surface area contributed by atoms with Gasteiger partial charge in [0, 0.05) is 44.8 Å². The molecule has 10 nitrogen and oxygen atoms in total. The fourth-order valence-corrected chi connectivity index (χ4v) is 7.24. The Morgan fingerprint density at radius 1 is 1.24 bits per heavy atom. The van der Waals surface area contributed by atoms with Crippen LogP contribution >= 0.6 is 11.3 Å². The van der Waals surface area contributed by atoms with Crippen molar-refractivity contribution in [3.05, 3.63) is 41.3 Å². The van der Waals surface area contributed by atoms with Crippen LogP contribution in [0.2, 0.25) is 0 Å². The Morgan fingerprint density at radius 2 is 1.98 bits per heavy atom. The first-order chi connectivity index (χ1) is 21.1. The van der Waals surface area contributed by atoms with Crippen LogP contribution in [-0.4, -0.2) is 92.3 Å². The molecule has 4 atom stereocenters. The standard InChI is InChI=1S/C30H42F3N3O7S2/c1-20-17-36(21(2)19-37)29(39)24-16-23(34-27(38)12-13-30(31,32)33)10-11-25(24)43-22(3)8-5-6-14-42-26(20)18-35(4)45(40,41)28-9-7-15-44-28/h7,9-11,15-16,20-22,26,37H,5-6,8,12-14,17-19H2,1-4H3,(H,34,38)/t20-,21-,22-,26+/m0/s1. The number of amides is 2. The fraction of sp³-hybridized carbons (Fsp3) is 0.600. The van der Waals surface area contributed by atoms with E-state index in [0.29, 0.717) is 19.4 Å². The number of carbonyl (C=O) groups is 2. The Bertz CT molecular complexity index is 1370. The summed E-state index contributed by atoms with van der Waals surface area (Å²) >= 11 is 1.11. The number of hydrogen-bond donors (Lipinski definition) is 2. The van der Waals surface area contributed by atoms with Gasteiger partial charge in [-0.2, -0.15) is 17.5 Å². The number of sulfonamides is 1. The molecule has 2 aromatic rings. The van der Waals surface area contributed by atoms with E-state index in [4.69, 9.17) is 9.47 Å². The number of hydrogen-bond acceptors (Lipinski definition) is 8. The minimum absolute atomic E-state index is 0.0289. The summed E-state index contributed by atoms with van der Waals surface area (Å²) in [5.41, 5.74) is 0.188. The van der Waals surface area contributed by atoms with Crippen molar-refractivity contribution >= 4 is 38.9 Å². The zero-order valence-electron chi connectivity index (χ0n) is 25.9. The Balaban J connectivity index is 1.94. The lowest BCUT2D eigenvalue weighted by atomic mass is 10.0. The lowest BCUT2D eigenvalue weighted by Crippen LogP contribution is -2.48. The Labute approximate surface area is 266 Å². The summed E-state index contributed by atoms with van der Waals surface area (Å²) in [6, 6.07) is 6.84. The third-order valence-corrected chi connectivity index (χ3v) is 10.8. The van der Waals surface area contributed by atoms with Crippen LogP contribution < -0.4 is 10.1 Å². The Hall–Kier alpha value is -2.72. The monoisotopic (exact) mass is 677 g/mol. The number of carbonyl (C=O) groups excluding carboxylic acids is 2. The van der Waals surface area contributed by atoms with Crippen LogP contribution in [0.1, 0.15) is 63.2 Å². The molecular weight excluding hydrogens is 635 g/mol. The number of aliphatic hydroxyl groups is 1. The van der Waals surface area contributed by atoms with Crippen molar-refractivity contribution in [1.29, 1.82) is 0 Å². The van der Waals surface area contributed by atoms with Crippen LogP contribution in [0.4, 0.5) is 18.9 Å². The molecule has 3 rings (SSSR count). The highest BCUT2D eigenvalue weighted by atomic mass is 32.2. The van der Waals surface area contributed by atoms with Gasteiger partial charge >= 0.3 is 6.18 Å². The molecule has 1 aliphatic rings. The van der Waals surface area contributed by atoms with Gasteiger partial charge in [-0.25, -0.2) is 8.42 Å². The molecule has 0 saturated heterocycles. The van der Waals surface area contributed by atoms with Crippen LogP contribution in [0, 0.1) is 5.92 Å². The predicted molar refractivity (Wildman–Crippen MR) is 165 cm³/mol. The summed E-state index contributed by atoms with van der Waals surface area (Å²) < 4.78 is 78.0. The van der Waals surface area contributed by atoms with Crippen molar-refractivity contribution in [3.8, 4) is 5.75 Å². The van der Waals surface area contributed by atoms with Crippen molar-refractivity contribution in [1.82, 2.24) is 9.21 Å². The van der Waals surface area contributed by atoms with E-state index in [0.717, 1.165) is 17.8 Å². The highest BCUT2D eigenvalue weighted by Crippen LogP contribution is 2.29. The zero-order chi connectivity index (χ0) is 33.4. The van der Waals surface area contributed by atoms with E-state index < -0.39 is 53.0 Å². The second-order valence-electron chi connectivity index (χ2n) is 11.4. The molecule has 15 heteroatoms. The second kappa shape index (κ2) is 16.2. The topological polar surface area (TPSA) is 125 Å². The van der Waals surface area contributed by atoms with Crippen LogP contribution in [0.5, 0.6) is 5.75 Å². The number of thiophene rings is 1. The van der Waals surface area contributed by atoms with E-state index >= 15 is 0 Å². The molecule has 0 fully saturated rings. The van der Waals surface area contributed by atoms with Gasteiger partial charge in [-0.05, 0) is 62.8 Å². The van der Waals surface area contributed by atoms with Crippen LogP contribution in [0.3, 0.4) is 0 Å². The molecule has 252 valence electrons. The molecule has 1 aliphatic heterocycles. The van der Waals surface area contributed by atoms with Crippen LogP contribution in [0.25, 0.3) is 0 Å². The number of benzene rings is 1. The van der Waals surface area contributed by atoms with E-state index in [2.05, 4.69) is 5.32 Å². The predicted octanol–water partition coefficient (Wildman–Crippen LogP) is 5.15. The average molecular weight is 678 g/mol. The van der Waals surface area contributed by atoms with Gasteiger partial charge in [-0.1, -0.05) is 13.0 Å². The number of aliphatic hydroxyl groups excluding tert-OH is 1. The van der Waals surface area contributed by atoms with Gasteiger partial charge in [0.2, 0.25) is 5.91 Å². The van der Waals surface area contributed by atoms with Gasteiger partial charge < -0.3 is 24.8 Å². The third-order valence-electron chi connectivity index (χ3n) is 7.57. The van der Waals surface area contributed by atoms with E-state index in [1.54, 1.807) is 18.4 Å². The van der Waals surface area contributed by atoms with Crippen molar-refractivity contribution in [2.45, 2.75) is 81.5 Å². The zero-order valence-corrected chi connectivity index (χ0v) is 27.5. The summed E-state index contributed by atoms with van der Waals surface area (Å²) in [5.74, 6) is -1.55. The van der Waals surface area contributed by atoms with Crippen molar-refractivity contribution in [3.63, 3.8) is 0 Å². The summed E-state index contributed by atoms with van der Waals surface area (Å²) in [6.45, 7) is 5.43. The summed E-state index contributed by atoms with van der Waals surface area (Å²) in [5, 5.41) is 14.2. The molecule has 2 amide bonds. The number of ether oxygens (including phenoxy) is 2. The number of rotatable bonds is 9. The summed E-state index contributed by atoms with van der Waals surface area (Å²) in [4.78, 5) is 27.8. The number of anilines is 1. The molecule has 0 spiro atoms. The van der Waals surface area contributed by atoms with Crippen molar-refractivity contribution in [2.75, 3.05) is 38.7 Å². The number of likely N-dealkylation sites (N-methyl/N-ethyl adjacent to an activating group) is 1. The Morgan fingerprint density at radius 3 is 2.62 bits per heavy atom. The molecule has 1 aromatic carbocycles. The van der Waals surface area contributed by atoms with Crippen molar-refractivity contribution < 1.29 is 45.8 Å². The average Bonchev–Trinajstić information content (AvgIpc) is 3.53. The summed E-state index contributed by atoms with van der Waals surface area (Å²) in [7, 11) is -2.28. The first-order valence-electron chi connectivity index (χ1n) is 14.8. The maximum Gasteiger partial charge on any atom is 0.389 e. The molecule has 0 aliphatic carbocycles. The van der Waals surface area contributed by atoms with Gasteiger partial charge in [0.15, 0.2) is 0 Å². The maximum atomic E-state index is 14.1. The number of nitrogens with zero attached hydrogens (tertiary/aromatic N) is 2. The molecule has 0 saturated carbocycles. The lowest BCUT2D eigenvalue weighted by molar-refractivity contribution is -0.142. The van der Waals surface area contributed by atoms with Gasteiger partial charge in [0.05, 0.1) is 36.8 Å². The SMILES string of the molecule is C[C@H]1CCCCO[C@H](CN(C)S(=O)(=O)c2cccs2)[C@@H](C)CN([C@@H](C)CO)C(=O)c2cc(NC(=O)CCC(F)(F)F)ccc2O1. The smallest absolute Gasteiger partial charge is 0.389 e. The molecule has 2 heterocycles. The molecule has 2 N–H and O–H groups in total. The number of halogens is 3. The fourth-order valence-electron chi connectivity index (χ4n) is 4.86. The molecule has 0 bridgehead atoms. The highest BCUT2D eigenvalue weighted by Gasteiger charge is 2.33. The largest absolute Gasteiger partial charge is 0.490 e. The maximum absolute atomic E-state index is 14.1. The van der Waals surface area contributed by atoms with Gasteiger partial charge in [-0.3, -0.25) is 9.59 Å². The van der Waals surface area contributed by atoms with Gasteiger partial charge in [0.25, 0.3) is 15.9 Å². The first kappa shape index (κ1) is 36.7. The van der Waals surface area contributed by atoms with Crippen LogP contribution in [-0.2, 0) is 19.6 Å². The number of nitrogens with one attached hydrogen (secondary N) is 1. The van der Waals surface area contributed by atoms with Crippen molar-refractivity contribution in [2.24, 2.45) is 5.92 Å². The van der Waals surface area contributed by atoms with E-state index in [1.165, 1.54) is 40.5 Å². The molecule has 1 aromatic heterocycles. The first-order valence-corrected chi connectivity index (χ1v) is 17.1.